The standard InChI is InChI=1S/C18H15Cl2N5OS/c19-11-1-3-13(20)10(5-11)7-21-18(26)23-12-2-4-14-15(6-12)25-17(24-14)16-8-27-9-22-16/h1-6,8-9,17,24-25H,7H2,(H2,21,23,26). The van der Waals surface area contributed by atoms with Crippen LogP contribution in [0.2, 0.25) is 10.0 Å². The monoisotopic (exact) mass is 419 g/mol. The molecule has 1 unspecified atom stereocenters. The average Bonchev–Trinajstić information content (AvgIpc) is 3.31. The van der Waals surface area contributed by atoms with Gasteiger partial charge in [-0.05, 0) is 42.0 Å². The zero-order valence-electron chi connectivity index (χ0n) is 13.9. The highest BCUT2D eigenvalue weighted by Crippen LogP contribution is 2.36. The second-order valence-electron chi connectivity index (χ2n) is 5.94. The zero-order chi connectivity index (χ0) is 18.8. The number of nitrogens with one attached hydrogen (secondary N) is 4. The van der Waals surface area contributed by atoms with Gasteiger partial charge in [-0.15, -0.1) is 11.3 Å². The second-order valence-corrected chi connectivity index (χ2v) is 7.50. The molecule has 0 aliphatic carbocycles. The number of hydrogen-bond donors (Lipinski definition) is 4. The Bertz CT molecular complexity index is 980. The molecule has 9 heteroatoms. The Kier molecular flexibility index (Phi) is 5.07. The topological polar surface area (TPSA) is 78.1 Å². The highest BCUT2D eigenvalue weighted by Gasteiger charge is 2.22. The van der Waals surface area contributed by atoms with Crippen molar-refractivity contribution in [1.29, 1.82) is 0 Å². The van der Waals surface area contributed by atoms with Crippen LogP contribution >= 0.6 is 34.5 Å². The maximum Gasteiger partial charge on any atom is 0.319 e. The lowest BCUT2D eigenvalue weighted by molar-refractivity contribution is 0.252. The lowest BCUT2D eigenvalue weighted by atomic mass is 10.2. The Morgan fingerprint density at radius 2 is 2.00 bits per heavy atom. The summed E-state index contributed by atoms with van der Waals surface area (Å²) in [6.07, 6.45) is -0.0692. The Morgan fingerprint density at radius 1 is 1.15 bits per heavy atom. The lowest BCUT2D eigenvalue weighted by Crippen LogP contribution is -2.28. The number of benzene rings is 2. The minimum atomic E-state index is -0.326. The summed E-state index contributed by atoms with van der Waals surface area (Å²) in [6, 6.07) is 10.4. The minimum absolute atomic E-state index is 0.0692. The summed E-state index contributed by atoms with van der Waals surface area (Å²) in [5.74, 6) is 0. The van der Waals surface area contributed by atoms with Crippen LogP contribution in [0.1, 0.15) is 17.4 Å². The van der Waals surface area contributed by atoms with Crippen molar-refractivity contribution < 1.29 is 4.79 Å². The molecule has 0 radical (unpaired) electrons. The largest absolute Gasteiger partial charge is 0.359 e. The fourth-order valence-electron chi connectivity index (χ4n) is 2.76. The molecule has 1 aliphatic rings. The van der Waals surface area contributed by atoms with Crippen molar-refractivity contribution in [3.63, 3.8) is 0 Å². The molecule has 138 valence electrons. The average molecular weight is 420 g/mol. The maximum absolute atomic E-state index is 12.2. The molecule has 6 nitrogen and oxygen atoms in total. The van der Waals surface area contributed by atoms with Gasteiger partial charge in [0.25, 0.3) is 0 Å². The third kappa shape index (κ3) is 4.10. The van der Waals surface area contributed by atoms with E-state index in [-0.39, 0.29) is 18.7 Å². The van der Waals surface area contributed by atoms with Crippen molar-refractivity contribution >= 4 is 57.6 Å². The Morgan fingerprint density at radius 3 is 2.81 bits per heavy atom. The van der Waals surface area contributed by atoms with E-state index in [1.54, 1.807) is 35.0 Å². The molecule has 0 bridgehead atoms. The van der Waals surface area contributed by atoms with Gasteiger partial charge in [-0.1, -0.05) is 23.2 Å². The van der Waals surface area contributed by atoms with Crippen LogP contribution in [-0.4, -0.2) is 11.0 Å². The smallest absolute Gasteiger partial charge is 0.319 e. The van der Waals surface area contributed by atoms with E-state index in [9.17, 15) is 4.79 Å². The van der Waals surface area contributed by atoms with E-state index in [0.29, 0.717) is 15.7 Å². The van der Waals surface area contributed by atoms with Crippen LogP contribution < -0.4 is 21.3 Å². The summed E-state index contributed by atoms with van der Waals surface area (Å²) >= 11 is 13.6. The highest BCUT2D eigenvalue weighted by molar-refractivity contribution is 7.07. The van der Waals surface area contributed by atoms with E-state index in [1.165, 1.54) is 0 Å². The van der Waals surface area contributed by atoms with E-state index in [2.05, 4.69) is 26.3 Å². The molecule has 2 heterocycles. The van der Waals surface area contributed by atoms with Crippen LogP contribution in [0.15, 0.2) is 47.3 Å². The number of hydrogen-bond acceptors (Lipinski definition) is 5. The van der Waals surface area contributed by atoms with E-state index in [0.717, 1.165) is 22.6 Å². The molecule has 1 aliphatic heterocycles. The van der Waals surface area contributed by atoms with Gasteiger partial charge in [-0.2, -0.15) is 0 Å². The number of fused-ring (bicyclic) bond motifs is 1. The SMILES string of the molecule is O=C(NCc1cc(Cl)ccc1Cl)Nc1ccc2c(c1)NC(c1cscn1)N2. The molecule has 4 N–H and O–H groups in total. The number of aromatic nitrogens is 1. The van der Waals surface area contributed by atoms with Crippen molar-refractivity contribution in [2.24, 2.45) is 0 Å². The Hall–Kier alpha value is -2.48. The van der Waals surface area contributed by atoms with Crippen molar-refractivity contribution in [3.05, 3.63) is 68.6 Å². The molecule has 1 aromatic heterocycles. The quantitative estimate of drug-likeness (QED) is 0.462. The van der Waals surface area contributed by atoms with Gasteiger partial charge < -0.3 is 21.3 Å². The minimum Gasteiger partial charge on any atom is -0.359 e. The number of halogens is 2. The van der Waals surface area contributed by atoms with E-state index in [4.69, 9.17) is 23.2 Å². The summed E-state index contributed by atoms with van der Waals surface area (Å²) in [7, 11) is 0. The fraction of sp³-hybridized carbons (Fsp3) is 0.111. The van der Waals surface area contributed by atoms with Gasteiger partial charge in [-0.25, -0.2) is 9.78 Å². The number of carbonyl (C=O) groups is 1. The molecule has 0 spiro atoms. The van der Waals surface area contributed by atoms with Gasteiger partial charge in [0, 0.05) is 27.7 Å². The van der Waals surface area contributed by atoms with Gasteiger partial charge in [0.1, 0.15) is 6.17 Å². The molecule has 1 atom stereocenters. The van der Waals surface area contributed by atoms with E-state index >= 15 is 0 Å². The Labute approximate surface area is 169 Å². The zero-order valence-corrected chi connectivity index (χ0v) is 16.3. The van der Waals surface area contributed by atoms with E-state index < -0.39 is 0 Å². The predicted octanol–water partition coefficient (Wildman–Crippen LogP) is 5.31. The first kappa shape index (κ1) is 17.9. The lowest BCUT2D eigenvalue weighted by Gasteiger charge is -2.10. The molecular formula is C18H15Cl2N5OS. The molecule has 0 fully saturated rings. The van der Waals surface area contributed by atoms with Gasteiger partial charge >= 0.3 is 6.03 Å². The maximum atomic E-state index is 12.2. The van der Waals surface area contributed by atoms with Crippen LogP contribution in [0.5, 0.6) is 0 Å². The molecule has 2 amide bonds. The van der Waals surface area contributed by atoms with Crippen molar-refractivity contribution in [2.75, 3.05) is 16.0 Å². The van der Waals surface area contributed by atoms with Crippen LogP contribution in [-0.2, 0) is 6.54 Å². The van der Waals surface area contributed by atoms with Crippen LogP contribution in [0.3, 0.4) is 0 Å². The first-order chi connectivity index (χ1) is 13.1. The van der Waals surface area contributed by atoms with Crippen molar-refractivity contribution in [2.45, 2.75) is 12.7 Å². The Balaban J connectivity index is 1.37. The molecule has 3 aromatic rings. The summed E-state index contributed by atoms with van der Waals surface area (Å²) in [4.78, 5) is 16.5. The van der Waals surface area contributed by atoms with Crippen LogP contribution in [0.25, 0.3) is 0 Å². The number of amides is 2. The first-order valence-corrected chi connectivity index (χ1v) is 9.82. The number of carbonyl (C=O) groups excluding carboxylic acids is 1. The van der Waals surface area contributed by atoms with E-state index in [1.807, 2.05) is 23.6 Å². The normalized spacial score (nSPS) is 14.8. The highest BCUT2D eigenvalue weighted by atomic mass is 35.5. The number of nitrogens with zero attached hydrogens (tertiary/aromatic N) is 1. The van der Waals surface area contributed by atoms with Gasteiger partial charge in [0.15, 0.2) is 0 Å². The first-order valence-electron chi connectivity index (χ1n) is 8.12. The molecule has 0 saturated carbocycles. The van der Waals surface area contributed by atoms with Crippen molar-refractivity contribution in [1.82, 2.24) is 10.3 Å². The molecule has 0 saturated heterocycles. The molecular weight excluding hydrogens is 405 g/mol. The summed E-state index contributed by atoms with van der Waals surface area (Å²) < 4.78 is 0. The number of thiazole rings is 1. The molecule has 4 rings (SSSR count). The fourth-order valence-corrected chi connectivity index (χ4v) is 3.72. The number of urea groups is 1. The van der Waals surface area contributed by atoms with Crippen LogP contribution in [0.4, 0.5) is 21.9 Å². The predicted molar refractivity (Wildman–Crippen MR) is 111 cm³/mol. The summed E-state index contributed by atoms with van der Waals surface area (Å²) in [5.41, 5.74) is 6.03. The van der Waals surface area contributed by atoms with Gasteiger partial charge in [0.05, 0.1) is 22.6 Å². The number of anilines is 3. The second kappa shape index (κ2) is 7.64. The third-order valence-corrected chi connectivity index (χ3v) is 5.28. The third-order valence-electron chi connectivity index (χ3n) is 4.07. The van der Waals surface area contributed by atoms with Crippen LogP contribution in [0, 0.1) is 0 Å². The van der Waals surface area contributed by atoms with Gasteiger partial charge in [0.2, 0.25) is 0 Å². The molecule has 2 aromatic carbocycles. The van der Waals surface area contributed by atoms with Gasteiger partial charge in [-0.3, -0.25) is 0 Å². The number of rotatable bonds is 4. The molecule has 27 heavy (non-hydrogen) atoms. The van der Waals surface area contributed by atoms with Crippen molar-refractivity contribution in [3.8, 4) is 0 Å². The summed E-state index contributed by atoms with van der Waals surface area (Å²) in [6.45, 7) is 0.280. The summed E-state index contributed by atoms with van der Waals surface area (Å²) in [5, 5.41) is 15.4.